The van der Waals surface area contributed by atoms with E-state index in [1.807, 2.05) is 51.2 Å². The SMILES string of the molecule is CC(C)c1c(O)nc(-n2ccnc2)nc1-c1cnn(CC(=O)NCCN(C)c2ccccc2)c1. The first kappa shape index (κ1) is 23.0. The summed E-state index contributed by atoms with van der Waals surface area (Å²) < 4.78 is 3.18. The molecule has 0 atom stereocenters. The van der Waals surface area contributed by atoms with Gasteiger partial charge in [0, 0.05) is 55.5 Å². The summed E-state index contributed by atoms with van der Waals surface area (Å²) in [4.78, 5) is 27.4. The largest absolute Gasteiger partial charge is 0.493 e. The zero-order valence-electron chi connectivity index (χ0n) is 19.5. The minimum atomic E-state index is -0.134. The Morgan fingerprint density at radius 2 is 2.00 bits per heavy atom. The van der Waals surface area contributed by atoms with Gasteiger partial charge >= 0.3 is 0 Å². The third kappa shape index (κ3) is 5.22. The van der Waals surface area contributed by atoms with Gasteiger partial charge in [-0.05, 0) is 18.1 Å². The number of anilines is 1. The van der Waals surface area contributed by atoms with Crippen molar-refractivity contribution in [2.45, 2.75) is 26.3 Å². The van der Waals surface area contributed by atoms with Crippen molar-refractivity contribution in [3.8, 4) is 23.1 Å². The van der Waals surface area contributed by atoms with Crippen molar-refractivity contribution in [1.29, 1.82) is 0 Å². The van der Waals surface area contributed by atoms with Crippen LogP contribution in [-0.4, -0.2) is 60.5 Å². The van der Waals surface area contributed by atoms with Crippen LogP contribution in [0.4, 0.5) is 5.69 Å². The molecule has 34 heavy (non-hydrogen) atoms. The second-order valence-electron chi connectivity index (χ2n) is 8.27. The van der Waals surface area contributed by atoms with Crippen LogP contribution in [0, 0.1) is 0 Å². The maximum absolute atomic E-state index is 12.4. The molecule has 0 saturated carbocycles. The molecule has 1 aromatic carbocycles. The average Bonchev–Trinajstić information content (AvgIpc) is 3.51. The average molecular weight is 461 g/mol. The second kappa shape index (κ2) is 10.2. The highest BCUT2D eigenvalue weighted by Crippen LogP contribution is 2.33. The highest BCUT2D eigenvalue weighted by atomic mass is 16.3. The van der Waals surface area contributed by atoms with Crippen LogP contribution in [0.1, 0.15) is 25.3 Å². The van der Waals surface area contributed by atoms with Crippen LogP contribution < -0.4 is 10.2 Å². The molecule has 0 bridgehead atoms. The summed E-state index contributed by atoms with van der Waals surface area (Å²) in [6, 6.07) is 10.0. The predicted octanol–water partition coefficient (Wildman–Crippen LogP) is 2.61. The number of hydrogen-bond acceptors (Lipinski definition) is 7. The van der Waals surface area contributed by atoms with Crippen molar-refractivity contribution < 1.29 is 9.90 Å². The molecule has 0 radical (unpaired) electrons. The Morgan fingerprint density at radius 3 is 2.71 bits per heavy atom. The zero-order chi connectivity index (χ0) is 24.1. The van der Waals surface area contributed by atoms with Gasteiger partial charge in [-0.2, -0.15) is 10.1 Å². The van der Waals surface area contributed by atoms with Crippen molar-refractivity contribution in [1.82, 2.24) is 34.6 Å². The predicted molar refractivity (Wildman–Crippen MR) is 129 cm³/mol. The summed E-state index contributed by atoms with van der Waals surface area (Å²) >= 11 is 0. The van der Waals surface area contributed by atoms with Crippen molar-refractivity contribution in [3.05, 3.63) is 67.0 Å². The summed E-state index contributed by atoms with van der Waals surface area (Å²) in [5, 5.41) is 17.9. The van der Waals surface area contributed by atoms with Crippen LogP contribution in [0.5, 0.6) is 5.88 Å². The van der Waals surface area contributed by atoms with Gasteiger partial charge in [-0.1, -0.05) is 32.0 Å². The number of nitrogens with one attached hydrogen (secondary N) is 1. The number of carbonyl (C=O) groups excluding carboxylic acids is 1. The van der Waals surface area contributed by atoms with E-state index < -0.39 is 0 Å². The number of amides is 1. The molecule has 4 rings (SSSR count). The molecule has 3 heterocycles. The maximum Gasteiger partial charge on any atom is 0.241 e. The van der Waals surface area contributed by atoms with Crippen LogP contribution in [0.3, 0.4) is 0 Å². The lowest BCUT2D eigenvalue weighted by atomic mass is 9.99. The van der Waals surface area contributed by atoms with E-state index in [4.69, 9.17) is 0 Å². The van der Waals surface area contributed by atoms with E-state index in [0.717, 1.165) is 5.69 Å². The lowest BCUT2D eigenvalue weighted by Gasteiger charge is -2.19. The standard InChI is InChI=1S/C24H28N8O2/c1-17(2)21-22(28-24(29-23(21)34)31-12-9-25-16-31)18-13-27-32(14-18)15-20(33)26-10-11-30(3)19-7-5-4-6-8-19/h4-9,12-14,16-17H,10-11,15H2,1-3H3,(H,26,33)(H,28,29,34). The molecule has 0 unspecified atom stereocenters. The number of rotatable bonds is 9. The van der Waals surface area contributed by atoms with Crippen LogP contribution in [0.25, 0.3) is 17.2 Å². The molecule has 4 aromatic rings. The normalized spacial score (nSPS) is 11.1. The van der Waals surface area contributed by atoms with Crippen LogP contribution in [0.15, 0.2) is 61.4 Å². The Bertz CT molecular complexity index is 1240. The summed E-state index contributed by atoms with van der Waals surface area (Å²) in [6.45, 7) is 5.21. The Balaban J connectivity index is 1.44. The summed E-state index contributed by atoms with van der Waals surface area (Å²) in [5.74, 6) is 0.0732. The van der Waals surface area contributed by atoms with Gasteiger partial charge in [0.15, 0.2) is 0 Å². The van der Waals surface area contributed by atoms with E-state index in [0.29, 0.717) is 35.9 Å². The van der Waals surface area contributed by atoms with Gasteiger partial charge in [0.2, 0.25) is 17.7 Å². The molecular weight excluding hydrogens is 432 g/mol. The molecule has 0 spiro atoms. The van der Waals surface area contributed by atoms with E-state index in [-0.39, 0.29) is 24.2 Å². The fourth-order valence-corrected chi connectivity index (χ4v) is 3.64. The van der Waals surface area contributed by atoms with Crippen LogP contribution >= 0.6 is 0 Å². The zero-order valence-corrected chi connectivity index (χ0v) is 19.5. The number of benzene rings is 1. The van der Waals surface area contributed by atoms with Gasteiger partial charge in [-0.3, -0.25) is 14.0 Å². The maximum atomic E-state index is 12.4. The fraction of sp³-hybridized carbons (Fsp3) is 0.292. The fourth-order valence-electron chi connectivity index (χ4n) is 3.64. The van der Waals surface area contributed by atoms with E-state index >= 15 is 0 Å². The topological polar surface area (TPSA) is 114 Å². The second-order valence-corrected chi connectivity index (χ2v) is 8.27. The molecule has 0 saturated heterocycles. The molecule has 2 N–H and O–H groups in total. The summed E-state index contributed by atoms with van der Waals surface area (Å²) in [5.41, 5.74) is 2.98. The third-order valence-corrected chi connectivity index (χ3v) is 5.41. The van der Waals surface area contributed by atoms with Gasteiger partial charge < -0.3 is 15.3 Å². The van der Waals surface area contributed by atoms with Gasteiger partial charge in [-0.25, -0.2) is 9.97 Å². The van der Waals surface area contributed by atoms with Gasteiger partial charge in [-0.15, -0.1) is 0 Å². The Hall–Kier alpha value is -4.21. The molecule has 176 valence electrons. The van der Waals surface area contributed by atoms with Crippen molar-refractivity contribution in [3.63, 3.8) is 0 Å². The number of likely N-dealkylation sites (N-methyl/N-ethyl adjacent to an activating group) is 1. The highest BCUT2D eigenvalue weighted by molar-refractivity contribution is 5.76. The summed E-state index contributed by atoms with van der Waals surface area (Å²) in [7, 11) is 1.99. The Labute approximate surface area is 197 Å². The van der Waals surface area contributed by atoms with Gasteiger partial charge in [0.25, 0.3) is 0 Å². The quantitative estimate of drug-likeness (QED) is 0.395. The van der Waals surface area contributed by atoms with Crippen LogP contribution in [-0.2, 0) is 11.3 Å². The minimum absolute atomic E-state index is 0.0138. The number of imidazole rings is 1. The van der Waals surface area contributed by atoms with Crippen molar-refractivity contribution in [2.24, 2.45) is 0 Å². The van der Waals surface area contributed by atoms with Crippen LogP contribution in [0.2, 0.25) is 0 Å². The number of nitrogens with zero attached hydrogens (tertiary/aromatic N) is 7. The third-order valence-electron chi connectivity index (χ3n) is 5.41. The highest BCUT2D eigenvalue weighted by Gasteiger charge is 2.20. The molecular formula is C24H28N8O2. The first-order valence-corrected chi connectivity index (χ1v) is 11.1. The summed E-state index contributed by atoms with van der Waals surface area (Å²) in [6.07, 6.45) is 8.28. The minimum Gasteiger partial charge on any atom is -0.493 e. The lowest BCUT2D eigenvalue weighted by molar-refractivity contribution is -0.121. The molecule has 10 heteroatoms. The molecule has 3 aromatic heterocycles. The molecule has 0 aliphatic rings. The number of aromatic hydroxyl groups is 1. The van der Waals surface area contributed by atoms with Gasteiger partial charge in [0.05, 0.1) is 11.9 Å². The van der Waals surface area contributed by atoms with Crippen molar-refractivity contribution in [2.75, 3.05) is 25.0 Å². The number of carbonyl (C=O) groups is 1. The molecule has 0 aliphatic carbocycles. The number of para-hydroxylation sites is 1. The smallest absolute Gasteiger partial charge is 0.241 e. The number of hydrogen-bond donors (Lipinski definition) is 2. The van der Waals surface area contributed by atoms with Gasteiger partial charge in [0.1, 0.15) is 12.9 Å². The first-order chi connectivity index (χ1) is 16.4. The molecule has 1 amide bonds. The Kier molecular flexibility index (Phi) is 6.86. The molecule has 0 aliphatic heterocycles. The van der Waals surface area contributed by atoms with E-state index in [2.05, 4.69) is 30.3 Å². The lowest BCUT2D eigenvalue weighted by Crippen LogP contribution is -2.34. The van der Waals surface area contributed by atoms with E-state index in [9.17, 15) is 9.90 Å². The van der Waals surface area contributed by atoms with E-state index in [1.54, 1.807) is 40.4 Å². The molecule has 0 fully saturated rings. The van der Waals surface area contributed by atoms with E-state index in [1.165, 1.54) is 0 Å². The number of aromatic nitrogens is 6. The van der Waals surface area contributed by atoms with Crippen molar-refractivity contribution >= 4 is 11.6 Å². The first-order valence-electron chi connectivity index (χ1n) is 11.1. The Morgan fingerprint density at radius 1 is 1.21 bits per heavy atom. The molecule has 10 nitrogen and oxygen atoms in total. The monoisotopic (exact) mass is 460 g/mol.